The van der Waals surface area contributed by atoms with Crippen LogP contribution in [0.3, 0.4) is 0 Å². The van der Waals surface area contributed by atoms with Gasteiger partial charge in [0, 0.05) is 18.7 Å². The highest BCUT2D eigenvalue weighted by Gasteiger charge is 2.22. The Labute approximate surface area is 130 Å². The molecule has 1 amide bonds. The van der Waals surface area contributed by atoms with Crippen LogP contribution in [-0.4, -0.2) is 29.7 Å². The first-order valence-corrected chi connectivity index (χ1v) is 7.63. The fourth-order valence-corrected chi connectivity index (χ4v) is 3.02. The zero-order valence-corrected chi connectivity index (χ0v) is 12.7. The van der Waals surface area contributed by atoms with E-state index in [1.165, 1.54) is 18.1 Å². The summed E-state index contributed by atoms with van der Waals surface area (Å²) in [6, 6.07) is 15.4. The van der Waals surface area contributed by atoms with Gasteiger partial charge in [0.1, 0.15) is 0 Å². The second kappa shape index (κ2) is 6.14. The standard InChI is InChI=1S/C19H19NO2/c1-14(21)17-8-4-5-9-18(17)19(22)20-12-10-15-6-2-3-7-16(15)11-13-20/h2-9H,10-13H2,1H3. The van der Waals surface area contributed by atoms with Crippen LogP contribution in [0.2, 0.25) is 0 Å². The van der Waals surface area contributed by atoms with Crippen molar-refractivity contribution in [3.05, 3.63) is 70.8 Å². The van der Waals surface area contributed by atoms with Gasteiger partial charge in [-0.05, 0) is 37.0 Å². The lowest BCUT2D eigenvalue weighted by Gasteiger charge is -2.21. The van der Waals surface area contributed by atoms with E-state index < -0.39 is 0 Å². The van der Waals surface area contributed by atoms with E-state index in [2.05, 4.69) is 12.1 Å². The molecule has 2 aromatic rings. The number of benzene rings is 2. The van der Waals surface area contributed by atoms with Gasteiger partial charge in [0.25, 0.3) is 5.91 Å². The van der Waals surface area contributed by atoms with Crippen molar-refractivity contribution in [1.29, 1.82) is 0 Å². The smallest absolute Gasteiger partial charge is 0.254 e. The van der Waals surface area contributed by atoms with Crippen molar-refractivity contribution < 1.29 is 9.59 Å². The van der Waals surface area contributed by atoms with E-state index in [0.717, 1.165) is 12.8 Å². The number of carbonyl (C=O) groups is 2. The summed E-state index contributed by atoms with van der Waals surface area (Å²) in [5.74, 6) is -0.110. The normalized spacial score (nSPS) is 14.1. The second-order valence-electron chi connectivity index (χ2n) is 5.66. The molecule has 0 saturated heterocycles. The zero-order valence-electron chi connectivity index (χ0n) is 12.7. The minimum atomic E-state index is -0.0675. The Morgan fingerprint density at radius 1 is 0.818 bits per heavy atom. The highest BCUT2D eigenvalue weighted by molar-refractivity contribution is 6.07. The third-order valence-electron chi connectivity index (χ3n) is 4.24. The van der Waals surface area contributed by atoms with E-state index in [9.17, 15) is 9.59 Å². The van der Waals surface area contributed by atoms with Gasteiger partial charge in [-0.3, -0.25) is 9.59 Å². The molecule has 22 heavy (non-hydrogen) atoms. The van der Waals surface area contributed by atoms with Crippen molar-refractivity contribution in [3.63, 3.8) is 0 Å². The van der Waals surface area contributed by atoms with E-state index in [1.807, 2.05) is 23.1 Å². The molecule has 0 atom stereocenters. The first-order chi connectivity index (χ1) is 10.7. The minimum Gasteiger partial charge on any atom is -0.338 e. The van der Waals surface area contributed by atoms with Crippen molar-refractivity contribution in [3.8, 4) is 0 Å². The Morgan fingerprint density at radius 2 is 1.32 bits per heavy atom. The summed E-state index contributed by atoms with van der Waals surface area (Å²) in [6.45, 7) is 2.90. The van der Waals surface area contributed by atoms with Crippen molar-refractivity contribution >= 4 is 11.7 Å². The monoisotopic (exact) mass is 293 g/mol. The molecule has 0 bridgehead atoms. The average molecular weight is 293 g/mol. The molecule has 1 heterocycles. The largest absolute Gasteiger partial charge is 0.338 e. The molecule has 0 aliphatic carbocycles. The lowest BCUT2D eigenvalue weighted by Crippen LogP contribution is -2.34. The highest BCUT2D eigenvalue weighted by atomic mass is 16.2. The summed E-state index contributed by atoms with van der Waals surface area (Å²) < 4.78 is 0. The number of fused-ring (bicyclic) bond motifs is 1. The number of hydrogen-bond acceptors (Lipinski definition) is 2. The summed E-state index contributed by atoms with van der Waals surface area (Å²) in [4.78, 5) is 26.4. The lowest BCUT2D eigenvalue weighted by atomic mass is 10.0. The van der Waals surface area contributed by atoms with E-state index in [-0.39, 0.29) is 11.7 Å². The van der Waals surface area contributed by atoms with E-state index in [4.69, 9.17) is 0 Å². The van der Waals surface area contributed by atoms with Crippen LogP contribution in [0.25, 0.3) is 0 Å². The Bertz CT molecular complexity index is 694. The van der Waals surface area contributed by atoms with Crippen LogP contribution in [0.5, 0.6) is 0 Å². The summed E-state index contributed by atoms with van der Waals surface area (Å²) in [7, 11) is 0. The van der Waals surface area contributed by atoms with Gasteiger partial charge in [-0.1, -0.05) is 42.5 Å². The molecule has 3 heteroatoms. The van der Waals surface area contributed by atoms with Crippen molar-refractivity contribution in [2.75, 3.05) is 13.1 Å². The fourth-order valence-electron chi connectivity index (χ4n) is 3.02. The maximum absolute atomic E-state index is 12.8. The van der Waals surface area contributed by atoms with Crippen molar-refractivity contribution in [2.24, 2.45) is 0 Å². The Balaban J connectivity index is 1.84. The second-order valence-corrected chi connectivity index (χ2v) is 5.66. The van der Waals surface area contributed by atoms with Crippen LogP contribution >= 0.6 is 0 Å². The third-order valence-corrected chi connectivity index (χ3v) is 4.24. The molecule has 3 nitrogen and oxygen atoms in total. The molecule has 2 aromatic carbocycles. The molecule has 0 aromatic heterocycles. The maximum atomic E-state index is 12.8. The number of amides is 1. The van der Waals surface area contributed by atoms with Gasteiger partial charge < -0.3 is 4.90 Å². The molecule has 1 aliphatic rings. The van der Waals surface area contributed by atoms with E-state index in [0.29, 0.717) is 24.2 Å². The summed E-state index contributed by atoms with van der Waals surface area (Å²) in [5, 5.41) is 0. The molecule has 0 fully saturated rings. The predicted octanol–water partition coefficient (Wildman–Crippen LogP) is 3.13. The number of ketones is 1. The number of rotatable bonds is 2. The third kappa shape index (κ3) is 2.80. The van der Waals surface area contributed by atoms with Crippen molar-refractivity contribution in [2.45, 2.75) is 19.8 Å². The Morgan fingerprint density at radius 3 is 1.86 bits per heavy atom. The molecule has 0 spiro atoms. The number of Topliss-reactive ketones (excluding diaryl/α,β-unsaturated/α-hetero) is 1. The first kappa shape index (κ1) is 14.5. The molecule has 3 rings (SSSR count). The topological polar surface area (TPSA) is 37.4 Å². The zero-order chi connectivity index (χ0) is 15.5. The molecule has 0 radical (unpaired) electrons. The molecule has 0 saturated carbocycles. The first-order valence-electron chi connectivity index (χ1n) is 7.63. The maximum Gasteiger partial charge on any atom is 0.254 e. The van der Waals surface area contributed by atoms with Crippen LogP contribution < -0.4 is 0 Å². The number of hydrogen-bond donors (Lipinski definition) is 0. The minimum absolute atomic E-state index is 0.0430. The molecular weight excluding hydrogens is 274 g/mol. The molecule has 112 valence electrons. The quantitative estimate of drug-likeness (QED) is 0.798. The van der Waals surface area contributed by atoms with E-state index in [1.54, 1.807) is 18.2 Å². The summed E-state index contributed by atoms with van der Waals surface area (Å²) in [6.07, 6.45) is 1.73. The predicted molar refractivity (Wildman–Crippen MR) is 86.2 cm³/mol. The number of carbonyl (C=O) groups excluding carboxylic acids is 2. The van der Waals surface area contributed by atoms with Gasteiger partial charge >= 0.3 is 0 Å². The number of nitrogens with zero attached hydrogens (tertiary/aromatic N) is 1. The van der Waals surface area contributed by atoms with Gasteiger partial charge in [-0.2, -0.15) is 0 Å². The van der Waals surface area contributed by atoms with Gasteiger partial charge in [0.05, 0.1) is 5.56 Å². The van der Waals surface area contributed by atoms with Gasteiger partial charge in [-0.25, -0.2) is 0 Å². The van der Waals surface area contributed by atoms with Gasteiger partial charge in [-0.15, -0.1) is 0 Å². The SMILES string of the molecule is CC(=O)c1ccccc1C(=O)N1CCc2ccccc2CC1. The van der Waals surface area contributed by atoms with Gasteiger partial charge in [0.2, 0.25) is 0 Å². The van der Waals surface area contributed by atoms with Crippen LogP contribution in [0.1, 0.15) is 38.8 Å². The Kier molecular flexibility index (Phi) is 4.05. The highest BCUT2D eigenvalue weighted by Crippen LogP contribution is 2.19. The fraction of sp³-hybridized carbons (Fsp3) is 0.263. The molecule has 0 N–H and O–H groups in total. The van der Waals surface area contributed by atoms with Crippen LogP contribution in [-0.2, 0) is 12.8 Å². The van der Waals surface area contributed by atoms with Gasteiger partial charge in [0.15, 0.2) is 5.78 Å². The molecule has 0 unspecified atom stereocenters. The van der Waals surface area contributed by atoms with Crippen molar-refractivity contribution in [1.82, 2.24) is 4.90 Å². The summed E-state index contributed by atoms with van der Waals surface area (Å²) in [5.41, 5.74) is 3.66. The average Bonchev–Trinajstić information content (AvgIpc) is 2.77. The van der Waals surface area contributed by atoms with Crippen LogP contribution in [0.15, 0.2) is 48.5 Å². The van der Waals surface area contributed by atoms with Crippen LogP contribution in [0.4, 0.5) is 0 Å². The van der Waals surface area contributed by atoms with Crippen LogP contribution in [0, 0.1) is 0 Å². The molecule has 1 aliphatic heterocycles. The molecular formula is C19H19NO2. The summed E-state index contributed by atoms with van der Waals surface area (Å²) >= 11 is 0. The Hall–Kier alpha value is -2.42. The van der Waals surface area contributed by atoms with E-state index >= 15 is 0 Å². The lowest BCUT2D eigenvalue weighted by molar-refractivity contribution is 0.0758.